The van der Waals surface area contributed by atoms with E-state index in [1.54, 1.807) is 6.07 Å². The summed E-state index contributed by atoms with van der Waals surface area (Å²) < 4.78 is 0. The number of thioether (sulfide) groups is 1. The largest absolute Gasteiger partial charge is 0.382 e. The topological polar surface area (TPSA) is 37.8 Å². The molecule has 0 spiro atoms. The maximum absolute atomic E-state index is 5.84. The lowest BCUT2D eigenvalue weighted by atomic mass is 10.3. The number of anilines is 1. The zero-order valence-corrected chi connectivity index (χ0v) is 10.8. The Hall–Kier alpha value is -0.190. The molecule has 0 fully saturated rings. The molecule has 1 N–H and O–H groups in total. The molecule has 0 amide bonds. The van der Waals surface area contributed by atoms with Crippen molar-refractivity contribution in [2.45, 2.75) is 12.8 Å². The molecule has 0 atom stereocenters. The van der Waals surface area contributed by atoms with E-state index >= 15 is 0 Å². The van der Waals surface area contributed by atoms with E-state index in [-0.39, 0.29) is 0 Å². The van der Waals surface area contributed by atoms with Crippen LogP contribution in [0, 0.1) is 0 Å². The van der Waals surface area contributed by atoms with Gasteiger partial charge in [0.2, 0.25) is 0 Å². The van der Waals surface area contributed by atoms with Crippen LogP contribution in [-0.4, -0.2) is 28.8 Å². The summed E-state index contributed by atoms with van der Waals surface area (Å²) in [6.07, 6.45) is 4.41. The Morgan fingerprint density at radius 3 is 2.87 bits per heavy atom. The fourth-order valence-electron chi connectivity index (χ4n) is 1.07. The highest BCUT2D eigenvalue weighted by atomic mass is 35.5. The molecule has 1 rings (SSSR count). The van der Waals surface area contributed by atoms with Crippen LogP contribution in [0.4, 0.5) is 5.69 Å². The Morgan fingerprint density at radius 1 is 1.33 bits per heavy atom. The summed E-state index contributed by atoms with van der Waals surface area (Å²) in [6.45, 7) is 0.877. The first-order valence-electron chi connectivity index (χ1n) is 4.65. The standard InChI is InChI=1S/C9H13Cl2N3S/c1-15-5-3-2-4-12-7-6-8(10)13-14-9(7)11/h6H,2-5H2,1H3,(H,12,13). The number of nitrogens with one attached hydrogen (secondary N) is 1. The van der Waals surface area contributed by atoms with Crippen molar-refractivity contribution in [1.82, 2.24) is 10.2 Å². The Kier molecular flexibility index (Phi) is 6.13. The van der Waals surface area contributed by atoms with Crippen LogP contribution in [0.25, 0.3) is 0 Å². The zero-order valence-electron chi connectivity index (χ0n) is 8.46. The van der Waals surface area contributed by atoms with Gasteiger partial charge in [-0.05, 0) is 24.9 Å². The molecule has 0 saturated heterocycles. The molecule has 0 saturated carbocycles. The summed E-state index contributed by atoms with van der Waals surface area (Å²) in [5.74, 6) is 1.19. The van der Waals surface area contributed by atoms with Crippen molar-refractivity contribution in [3.05, 3.63) is 16.4 Å². The van der Waals surface area contributed by atoms with Gasteiger partial charge in [0, 0.05) is 12.6 Å². The number of hydrogen-bond donors (Lipinski definition) is 1. The SMILES string of the molecule is CSCCCCNc1cc(Cl)nnc1Cl. The Labute approximate surface area is 104 Å². The third kappa shape index (κ3) is 4.91. The van der Waals surface area contributed by atoms with Gasteiger partial charge >= 0.3 is 0 Å². The van der Waals surface area contributed by atoms with Crippen LogP contribution >= 0.6 is 35.0 Å². The summed E-state index contributed by atoms with van der Waals surface area (Å²) in [4.78, 5) is 0. The van der Waals surface area contributed by atoms with E-state index in [0.29, 0.717) is 10.3 Å². The summed E-state index contributed by atoms with van der Waals surface area (Å²) in [5, 5.41) is 11.3. The van der Waals surface area contributed by atoms with Gasteiger partial charge in [-0.15, -0.1) is 10.2 Å². The molecule has 0 aliphatic rings. The lowest BCUT2D eigenvalue weighted by Gasteiger charge is -2.06. The fraction of sp³-hybridized carbons (Fsp3) is 0.556. The minimum absolute atomic E-state index is 0.353. The van der Waals surface area contributed by atoms with Gasteiger partial charge in [0.05, 0.1) is 5.69 Å². The molecular formula is C9H13Cl2N3S. The first-order chi connectivity index (χ1) is 7.24. The van der Waals surface area contributed by atoms with Crippen LogP contribution in [-0.2, 0) is 0 Å². The molecule has 0 aromatic carbocycles. The molecule has 0 aliphatic carbocycles. The number of nitrogens with zero attached hydrogens (tertiary/aromatic N) is 2. The van der Waals surface area contributed by atoms with E-state index in [4.69, 9.17) is 23.2 Å². The Bertz CT molecular complexity index is 309. The first kappa shape index (κ1) is 12.9. The van der Waals surface area contributed by atoms with E-state index in [2.05, 4.69) is 21.8 Å². The van der Waals surface area contributed by atoms with Crippen LogP contribution in [0.2, 0.25) is 10.3 Å². The quantitative estimate of drug-likeness (QED) is 0.801. The highest BCUT2D eigenvalue weighted by Gasteiger charge is 2.02. The second-order valence-electron chi connectivity index (χ2n) is 3.00. The average Bonchev–Trinajstić information content (AvgIpc) is 2.23. The van der Waals surface area contributed by atoms with Crippen molar-refractivity contribution in [1.29, 1.82) is 0 Å². The molecular weight excluding hydrogens is 253 g/mol. The summed E-state index contributed by atoms with van der Waals surface area (Å²) in [6, 6.07) is 1.69. The van der Waals surface area contributed by atoms with E-state index in [1.807, 2.05) is 11.8 Å². The Morgan fingerprint density at radius 2 is 2.13 bits per heavy atom. The third-order valence-electron chi connectivity index (χ3n) is 1.81. The van der Waals surface area contributed by atoms with Crippen molar-refractivity contribution >= 4 is 40.7 Å². The first-order valence-corrected chi connectivity index (χ1v) is 6.80. The minimum Gasteiger partial charge on any atom is -0.382 e. The zero-order chi connectivity index (χ0) is 11.1. The molecule has 0 unspecified atom stereocenters. The van der Waals surface area contributed by atoms with Gasteiger partial charge in [0.25, 0.3) is 0 Å². The van der Waals surface area contributed by atoms with E-state index in [0.717, 1.165) is 18.7 Å². The van der Waals surface area contributed by atoms with Crippen LogP contribution in [0.5, 0.6) is 0 Å². The van der Waals surface area contributed by atoms with Crippen molar-refractivity contribution in [3.63, 3.8) is 0 Å². The van der Waals surface area contributed by atoms with Crippen molar-refractivity contribution in [2.75, 3.05) is 23.9 Å². The average molecular weight is 266 g/mol. The number of aromatic nitrogens is 2. The van der Waals surface area contributed by atoms with Gasteiger partial charge in [-0.2, -0.15) is 11.8 Å². The van der Waals surface area contributed by atoms with Gasteiger partial charge in [0.15, 0.2) is 10.3 Å². The molecule has 6 heteroatoms. The smallest absolute Gasteiger partial charge is 0.174 e. The third-order valence-corrected chi connectivity index (χ3v) is 2.97. The normalized spacial score (nSPS) is 10.3. The molecule has 15 heavy (non-hydrogen) atoms. The van der Waals surface area contributed by atoms with Gasteiger partial charge in [-0.1, -0.05) is 23.2 Å². The molecule has 0 aliphatic heterocycles. The number of rotatable bonds is 6. The molecule has 1 heterocycles. The van der Waals surface area contributed by atoms with Gasteiger partial charge in [0.1, 0.15) is 0 Å². The fourth-order valence-corrected chi connectivity index (χ4v) is 1.87. The van der Waals surface area contributed by atoms with E-state index in [1.165, 1.54) is 12.2 Å². The number of unbranched alkanes of at least 4 members (excludes halogenated alkanes) is 1. The Balaban J connectivity index is 2.33. The van der Waals surface area contributed by atoms with Crippen molar-refractivity contribution in [2.24, 2.45) is 0 Å². The molecule has 0 radical (unpaired) electrons. The molecule has 84 valence electrons. The predicted molar refractivity (Wildman–Crippen MR) is 68.2 cm³/mol. The molecule has 3 nitrogen and oxygen atoms in total. The summed E-state index contributed by atoms with van der Waals surface area (Å²) in [7, 11) is 0. The minimum atomic E-state index is 0.353. The molecule has 0 bridgehead atoms. The van der Waals surface area contributed by atoms with Crippen molar-refractivity contribution in [3.8, 4) is 0 Å². The maximum Gasteiger partial charge on any atom is 0.174 e. The number of hydrogen-bond acceptors (Lipinski definition) is 4. The summed E-state index contributed by atoms with van der Waals surface area (Å²) in [5.41, 5.74) is 0.751. The van der Waals surface area contributed by atoms with Gasteiger partial charge < -0.3 is 5.32 Å². The highest BCUT2D eigenvalue weighted by molar-refractivity contribution is 7.98. The predicted octanol–water partition coefficient (Wildman–Crippen LogP) is 3.34. The maximum atomic E-state index is 5.84. The van der Waals surface area contributed by atoms with Crippen molar-refractivity contribution < 1.29 is 0 Å². The van der Waals surface area contributed by atoms with Crippen LogP contribution < -0.4 is 5.32 Å². The molecule has 1 aromatic rings. The monoisotopic (exact) mass is 265 g/mol. The van der Waals surface area contributed by atoms with Gasteiger partial charge in [-0.3, -0.25) is 0 Å². The van der Waals surface area contributed by atoms with E-state index < -0.39 is 0 Å². The number of halogens is 2. The van der Waals surface area contributed by atoms with Crippen LogP contribution in [0.3, 0.4) is 0 Å². The van der Waals surface area contributed by atoms with E-state index in [9.17, 15) is 0 Å². The van der Waals surface area contributed by atoms with Crippen LogP contribution in [0.1, 0.15) is 12.8 Å². The van der Waals surface area contributed by atoms with Crippen LogP contribution in [0.15, 0.2) is 6.07 Å². The lowest BCUT2D eigenvalue weighted by Crippen LogP contribution is -2.03. The molecule has 1 aromatic heterocycles. The second-order valence-corrected chi connectivity index (χ2v) is 4.73. The lowest BCUT2D eigenvalue weighted by molar-refractivity contribution is 0.841. The highest BCUT2D eigenvalue weighted by Crippen LogP contribution is 2.20. The second kappa shape index (κ2) is 7.14. The summed E-state index contributed by atoms with van der Waals surface area (Å²) >= 11 is 13.4. The van der Waals surface area contributed by atoms with Gasteiger partial charge in [-0.25, -0.2) is 0 Å².